The number of hydrogen-bond donors (Lipinski definition) is 0. The Morgan fingerprint density at radius 1 is 1.57 bits per heavy atom. The molecule has 0 bridgehead atoms. The summed E-state index contributed by atoms with van der Waals surface area (Å²) in [4.78, 5) is 0. The van der Waals surface area contributed by atoms with Gasteiger partial charge < -0.3 is 0 Å². The van der Waals surface area contributed by atoms with E-state index in [-0.39, 0.29) is 0 Å². The zero-order valence-electron chi connectivity index (χ0n) is 10.4. The van der Waals surface area contributed by atoms with Gasteiger partial charge in [-0.3, -0.25) is 0 Å². The molecule has 0 N–H and O–H groups in total. The molecule has 1 rings (SSSR count). The van der Waals surface area contributed by atoms with Crippen molar-refractivity contribution >= 4 is 18.3 Å². The van der Waals surface area contributed by atoms with Gasteiger partial charge in [-0.25, -0.2) is 0 Å². The molecule has 0 aliphatic heterocycles. The van der Waals surface area contributed by atoms with Crippen molar-refractivity contribution in [3.8, 4) is 11.5 Å². The Hall–Kier alpha value is -0.861. The number of para-hydroxylation sites is 1. The summed E-state index contributed by atoms with van der Waals surface area (Å²) in [5.41, 5.74) is 0. The molecule has 1 aromatic carbocycles. The Morgan fingerprint density at radius 2 is 2.29 bits per heavy atom. The monoisotopic (exact) mass is 263 g/mol. The zero-order chi connectivity index (χ0) is 12.3. The van der Waals surface area contributed by atoms with Gasteiger partial charge in [-0.2, -0.15) is 0 Å². The Bertz CT molecular complexity index is 402. The van der Waals surface area contributed by atoms with Gasteiger partial charge in [0.1, 0.15) is 0 Å². The van der Waals surface area contributed by atoms with Crippen molar-refractivity contribution in [3.63, 3.8) is 0 Å². The summed E-state index contributed by atoms with van der Waals surface area (Å²) < 4.78 is 37.6. The molecule has 14 heavy (non-hydrogen) atoms. The minimum absolute atomic E-state index is 0.357. The van der Waals surface area contributed by atoms with Crippen molar-refractivity contribution in [2.45, 2.75) is 12.2 Å². The van der Waals surface area contributed by atoms with E-state index in [1.165, 1.54) is 21.1 Å². The van der Waals surface area contributed by atoms with Gasteiger partial charge >= 0.3 is 90.5 Å². The Labute approximate surface area is 90.9 Å². The SMILES string of the molecule is [1H]C([2H])(C)[Se](=O)c1cccc(OC)c1OC. The van der Waals surface area contributed by atoms with Gasteiger partial charge in [0.05, 0.1) is 0 Å². The van der Waals surface area contributed by atoms with E-state index in [9.17, 15) is 3.83 Å². The normalized spacial score (nSPS) is 18.8. The van der Waals surface area contributed by atoms with Crippen LogP contribution in [0.3, 0.4) is 0 Å². The topological polar surface area (TPSA) is 35.5 Å². The predicted molar refractivity (Wildman–Crippen MR) is 56.1 cm³/mol. The number of rotatable bonds is 4. The molecule has 0 aliphatic carbocycles. The van der Waals surface area contributed by atoms with Crippen LogP contribution in [0.5, 0.6) is 11.5 Å². The molecule has 0 spiro atoms. The van der Waals surface area contributed by atoms with Crippen LogP contribution in [0, 0.1) is 0 Å². The predicted octanol–water partition coefficient (Wildman–Crippen LogP) is 1.35. The number of benzene rings is 1. The second kappa shape index (κ2) is 5.13. The number of hydrogen-bond acceptors (Lipinski definition) is 3. The number of methoxy groups -OCH3 is 2. The van der Waals surface area contributed by atoms with E-state index in [0.717, 1.165) is 0 Å². The molecule has 0 heterocycles. The van der Waals surface area contributed by atoms with Gasteiger partial charge in [0, 0.05) is 0 Å². The second-order valence-electron chi connectivity index (χ2n) is 2.46. The van der Waals surface area contributed by atoms with Crippen molar-refractivity contribution < 1.29 is 16.0 Å². The summed E-state index contributed by atoms with van der Waals surface area (Å²) in [5.74, 6) is 0.824. The molecule has 2 unspecified atom stereocenters. The van der Waals surface area contributed by atoms with Crippen molar-refractivity contribution in [3.05, 3.63) is 18.2 Å². The molecule has 4 heteroatoms. The van der Waals surface area contributed by atoms with Crippen LogP contribution in [0.15, 0.2) is 18.2 Å². The molecule has 0 radical (unpaired) electrons. The van der Waals surface area contributed by atoms with Gasteiger partial charge in [-0.1, -0.05) is 0 Å². The third kappa shape index (κ3) is 2.14. The van der Waals surface area contributed by atoms with Crippen molar-refractivity contribution in [2.24, 2.45) is 0 Å². The maximum absolute atomic E-state index is 12.0. The molecule has 2 atom stereocenters. The fourth-order valence-corrected chi connectivity index (χ4v) is 2.74. The average molecular weight is 262 g/mol. The van der Waals surface area contributed by atoms with E-state index in [0.29, 0.717) is 16.0 Å². The summed E-state index contributed by atoms with van der Waals surface area (Å²) in [6.45, 7) is 1.31. The second-order valence-corrected chi connectivity index (χ2v) is 5.37. The van der Waals surface area contributed by atoms with Crippen LogP contribution in [0.4, 0.5) is 0 Å². The Kier molecular flexibility index (Phi) is 3.09. The van der Waals surface area contributed by atoms with Crippen LogP contribution in [-0.4, -0.2) is 28.1 Å². The Balaban J connectivity index is 3.29. The molecule has 0 saturated heterocycles. The van der Waals surface area contributed by atoms with Crippen LogP contribution < -0.4 is 13.9 Å². The summed E-state index contributed by atoms with van der Waals surface area (Å²) in [7, 11) is 2.94. The van der Waals surface area contributed by atoms with E-state index in [2.05, 4.69) is 0 Å². The van der Waals surface area contributed by atoms with Crippen LogP contribution >= 0.6 is 0 Å². The molecule has 78 valence electrons. The standard InChI is InChI=1S/C10H14O3Se/c1-4-14(11)9-7-5-6-8(12-2)10(9)13-3/h5-7H,4H2,1-3H3/i4DH. The summed E-state index contributed by atoms with van der Waals surface area (Å²) >= 11 is -2.82. The van der Waals surface area contributed by atoms with E-state index in [1.807, 2.05) is 0 Å². The summed E-state index contributed by atoms with van der Waals surface area (Å²) in [5, 5.41) is -1.72. The van der Waals surface area contributed by atoms with Gasteiger partial charge in [0.25, 0.3) is 0 Å². The molecular weight excluding hydrogens is 247 g/mol. The molecule has 0 amide bonds. The molecule has 0 saturated carbocycles. The fourth-order valence-electron chi connectivity index (χ4n) is 1.11. The minimum atomic E-state index is -2.82. The fraction of sp³-hybridized carbons (Fsp3) is 0.400. The summed E-state index contributed by atoms with van der Waals surface area (Å²) in [6, 6.07) is 4.98. The van der Waals surface area contributed by atoms with E-state index in [4.69, 9.17) is 12.2 Å². The first-order chi connectivity index (χ1) is 7.41. The molecule has 0 aromatic heterocycles. The molecule has 0 fully saturated rings. The van der Waals surface area contributed by atoms with Crippen LogP contribution in [0.2, 0.25) is 5.27 Å². The van der Waals surface area contributed by atoms with Crippen molar-refractivity contribution in [1.29, 1.82) is 0 Å². The first-order valence-electron chi connectivity index (χ1n) is 5.04. The quantitative estimate of drug-likeness (QED) is 0.768. The van der Waals surface area contributed by atoms with Gasteiger partial charge in [0.15, 0.2) is 0 Å². The third-order valence-electron chi connectivity index (χ3n) is 1.75. The average Bonchev–Trinajstić information content (AvgIpc) is 2.25. The molecular formula is C10H14O3Se. The van der Waals surface area contributed by atoms with Crippen LogP contribution in [0.25, 0.3) is 0 Å². The summed E-state index contributed by atoms with van der Waals surface area (Å²) in [6.07, 6.45) is 0. The van der Waals surface area contributed by atoms with Gasteiger partial charge in [-0.15, -0.1) is 0 Å². The number of ether oxygens (including phenoxy) is 2. The molecule has 1 aromatic rings. The zero-order valence-corrected chi connectivity index (χ0v) is 10.1. The van der Waals surface area contributed by atoms with E-state index < -0.39 is 19.1 Å². The molecule has 3 nitrogen and oxygen atoms in total. The van der Waals surface area contributed by atoms with E-state index in [1.54, 1.807) is 18.2 Å². The van der Waals surface area contributed by atoms with Crippen molar-refractivity contribution in [2.75, 3.05) is 14.2 Å². The maximum atomic E-state index is 12.0. The Morgan fingerprint density at radius 3 is 2.79 bits per heavy atom. The third-order valence-corrected chi connectivity index (χ3v) is 4.04. The first kappa shape index (κ1) is 8.45. The van der Waals surface area contributed by atoms with Gasteiger partial charge in [-0.05, 0) is 0 Å². The van der Waals surface area contributed by atoms with Crippen LogP contribution in [-0.2, 0) is 3.83 Å². The van der Waals surface area contributed by atoms with Gasteiger partial charge in [0.2, 0.25) is 0 Å². The van der Waals surface area contributed by atoms with Crippen LogP contribution in [0.1, 0.15) is 9.67 Å². The molecule has 0 aliphatic rings. The first-order valence-corrected chi connectivity index (χ1v) is 6.46. The van der Waals surface area contributed by atoms with Crippen molar-refractivity contribution in [1.82, 2.24) is 0 Å². The van der Waals surface area contributed by atoms with E-state index >= 15 is 0 Å².